The molecule has 0 saturated heterocycles. The second-order valence-electron chi connectivity index (χ2n) is 7.86. The molecule has 24 heavy (non-hydrogen) atoms. The van der Waals surface area contributed by atoms with Crippen LogP contribution < -0.4 is 4.72 Å². The average Bonchev–Trinajstić information content (AvgIpc) is 2.97. The van der Waals surface area contributed by atoms with Gasteiger partial charge in [-0.1, -0.05) is 27.2 Å². The Morgan fingerprint density at radius 1 is 1.17 bits per heavy atom. The van der Waals surface area contributed by atoms with Crippen LogP contribution in [-0.2, 0) is 22.9 Å². The first-order valence-corrected chi connectivity index (χ1v) is 10.2. The fourth-order valence-electron chi connectivity index (χ4n) is 3.26. The molecular weight excluding hydrogens is 322 g/mol. The minimum absolute atomic E-state index is 0.0474. The van der Waals surface area contributed by atoms with Gasteiger partial charge in [-0.25, -0.2) is 13.1 Å². The highest BCUT2D eigenvalue weighted by Crippen LogP contribution is 2.30. The number of carbonyl (C=O) groups excluding carboxylic acids is 1. The lowest BCUT2D eigenvalue weighted by molar-refractivity contribution is 0.0977. The van der Waals surface area contributed by atoms with Crippen molar-refractivity contribution >= 4 is 15.8 Å². The molecule has 1 N–H and O–H groups in total. The molecule has 0 aliphatic heterocycles. The first-order chi connectivity index (χ1) is 11.1. The van der Waals surface area contributed by atoms with Gasteiger partial charge in [0.05, 0.1) is 4.90 Å². The number of unbranched alkanes of at least 4 members (excludes halogenated alkanes) is 1. The summed E-state index contributed by atoms with van der Waals surface area (Å²) in [6.45, 7) is 6.60. The number of rotatable bonds is 7. The largest absolute Gasteiger partial charge is 0.294 e. The van der Waals surface area contributed by atoms with Gasteiger partial charge in [0.15, 0.2) is 5.78 Å². The van der Waals surface area contributed by atoms with Gasteiger partial charge in [0.25, 0.3) is 0 Å². The lowest BCUT2D eigenvalue weighted by Gasteiger charge is -2.17. The first kappa shape index (κ1) is 19.1. The van der Waals surface area contributed by atoms with Gasteiger partial charge < -0.3 is 0 Å². The normalized spacial score (nSPS) is 14.7. The third-order valence-electron chi connectivity index (χ3n) is 4.64. The molecule has 0 heterocycles. The van der Waals surface area contributed by atoms with Gasteiger partial charge >= 0.3 is 0 Å². The van der Waals surface area contributed by atoms with Gasteiger partial charge in [-0.15, -0.1) is 0 Å². The predicted octanol–water partition coefficient (Wildman–Crippen LogP) is 3.87. The zero-order chi connectivity index (χ0) is 18.0. The number of hydrogen-bond donors (Lipinski definition) is 1. The molecule has 0 atom stereocenters. The monoisotopic (exact) mass is 351 g/mol. The molecule has 1 aromatic rings. The van der Waals surface area contributed by atoms with Gasteiger partial charge in [-0.05, 0) is 67.8 Å². The van der Waals surface area contributed by atoms with Crippen molar-refractivity contribution in [2.24, 2.45) is 5.41 Å². The minimum Gasteiger partial charge on any atom is -0.294 e. The summed E-state index contributed by atoms with van der Waals surface area (Å²) in [4.78, 5) is 12.8. The van der Waals surface area contributed by atoms with Crippen LogP contribution in [0.1, 0.15) is 74.4 Å². The Bertz CT molecular complexity index is 715. The highest BCUT2D eigenvalue weighted by molar-refractivity contribution is 7.89. The van der Waals surface area contributed by atoms with Crippen molar-refractivity contribution in [1.29, 1.82) is 0 Å². The quantitative estimate of drug-likeness (QED) is 0.599. The smallest absolute Gasteiger partial charge is 0.240 e. The molecule has 1 aromatic carbocycles. The highest BCUT2D eigenvalue weighted by Gasteiger charge is 2.25. The standard InChI is InChI=1S/C19H29NO3S/c1-19(2,3)11-6-5-10-17(21)15-12-14-8-7-9-16(14)18(13-15)24(22,23)20-4/h12-13,20H,5-11H2,1-4H3. The average molecular weight is 352 g/mol. The summed E-state index contributed by atoms with van der Waals surface area (Å²) in [6.07, 6.45) is 6.00. The van der Waals surface area contributed by atoms with Crippen LogP contribution in [0, 0.1) is 5.41 Å². The molecule has 5 heteroatoms. The van der Waals surface area contributed by atoms with E-state index in [1.807, 2.05) is 6.07 Å². The van der Waals surface area contributed by atoms with E-state index in [-0.39, 0.29) is 16.1 Å². The summed E-state index contributed by atoms with van der Waals surface area (Å²) in [6, 6.07) is 3.48. The molecule has 0 spiro atoms. The number of sulfonamides is 1. The first-order valence-electron chi connectivity index (χ1n) is 8.76. The molecule has 134 valence electrons. The molecule has 0 saturated carbocycles. The Balaban J connectivity index is 2.16. The zero-order valence-corrected chi connectivity index (χ0v) is 16.1. The summed E-state index contributed by atoms with van der Waals surface area (Å²) in [5, 5.41) is 0. The van der Waals surface area contributed by atoms with Crippen molar-refractivity contribution in [1.82, 2.24) is 4.72 Å². The molecular formula is C19H29NO3S. The molecule has 2 rings (SSSR count). The fraction of sp³-hybridized carbons (Fsp3) is 0.632. The van der Waals surface area contributed by atoms with E-state index in [4.69, 9.17) is 0 Å². The molecule has 1 aliphatic carbocycles. The van der Waals surface area contributed by atoms with Crippen molar-refractivity contribution in [2.45, 2.75) is 70.6 Å². The summed E-state index contributed by atoms with van der Waals surface area (Å²) < 4.78 is 27.0. The molecule has 0 aromatic heterocycles. The van der Waals surface area contributed by atoms with E-state index in [1.165, 1.54) is 7.05 Å². The van der Waals surface area contributed by atoms with Crippen molar-refractivity contribution in [3.05, 3.63) is 28.8 Å². The van der Waals surface area contributed by atoms with Crippen LogP contribution in [0.5, 0.6) is 0 Å². The lowest BCUT2D eigenvalue weighted by atomic mass is 9.89. The predicted molar refractivity (Wildman–Crippen MR) is 97.0 cm³/mol. The highest BCUT2D eigenvalue weighted by atomic mass is 32.2. The third-order valence-corrected chi connectivity index (χ3v) is 6.12. The van der Waals surface area contributed by atoms with E-state index in [1.54, 1.807) is 6.07 Å². The second kappa shape index (κ2) is 7.36. The maximum Gasteiger partial charge on any atom is 0.240 e. The van der Waals surface area contributed by atoms with E-state index >= 15 is 0 Å². The second-order valence-corrected chi connectivity index (χ2v) is 9.72. The van der Waals surface area contributed by atoms with Crippen molar-refractivity contribution in [3.8, 4) is 0 Å². The molecule has 0 unspecified atom stereocenters. The molecule has 0 bridgehead atoms. The summed E-state index contributed by atoms with van der Waals surface area (Å²) in [5.41, 5.74) is 2.73. The Labute approximate surface area is 146 Å². The minimum atomic E-state index is -3.53. The number of benzene rings is 1. The molecule has 0 amide bonds. The van der Waals surface area contributed by atoms with E-state index in [0.717, 1.165) is 49.7 Å². The zero-order valence-electron chi connectivity index (χ0n) is 15.2. The Hall–Kier alpha value is -1.20. The molecule has 0 fully saturated rings. The van der Waals surface area contributed by atoms with E-state index in [0.29, 0.717) is 12.0 Å². The number of Topliss-reactive ketones (excluding diaryl/α,β-unsaturated/α-hetero) is 1. The van der Waals surface area contributed by atoms with Gasteiger partial charge in [0, 0.05) is 12.0 Å². The summed E-state index contributed by atoms with van der Waals surface area (Å²) in [7, 11) is -2.11. The van der Waals surface area contributed by atoms with E-state index in [2.05, 4.69) is 25.5 Å². The number of aryl methyl sites for hydroxylation is 1. The Kier molecular flexibility index (Phi) is 5.87. The maximum absolute atomic E-state index is 12.5. The SMILES string of the molecule is CNS(=O)(=O)c1cc(C(=O)CCCCC(C)(C)C)cc2c1CCC2. The van der Waals surface area contributed by atoms with Crippen LogP contribution in [0.4, 0.5) is 0 Å². The van der Waals surface area contributed by atoms with E-state index < -0.39 is 10.0 Å². The van der Waals surface area contributed by atoms with Gasteiger partial charge in [0.1, 0.15) is 0 Å². The van der Waals surface area contributed by atoms with Crippen molar-refractivity contribution < 1.29 is 13.2 Å². The van der Waals surface area contributed by atoms with Crippen molar-refractivity contribution in [2.75, 3.05) is 7.05 Å². The van der Waals surface area contributed by atoms with E-state index in [9.17, 15) is 13.2 Å². The molecule has 0 radical (unpaired) electrons. The topological polar surface area (TPSA) is 63.2 Å². The number of hydrogen-bond acceptors (Lipinski definition) is 3. The molecule has 4 nitrogen and oxygen atoms in total. The van der Waals surface area contributed by atoms with Crippen LogP contribution >= 0.6 is 0 Å². The third kappa shape index (κ3) is 4.67. The van der Waals surface area contributed by atoms with Gasteiger partial charge in [-0.3, -0.25) is 4.79 Å². The maximum atomic E-state index is 12.5. The summed E-state index contributed by atoms with van der Waals surface area (Å²) >= 11 is 0. The summed E-state index contributed by atoms with van der Waals surface area (Å²) in [5.74, 6) is 0.0474. The van der Waals surface area contributed by atoms with Crippen LogP contribution in [0.25, 0.3) is 0 Å². The van der Waals surface area contributed by atoms with Gasteiger partial charge in [0.2, 0.25) is 10.0 Å². The van der Waals surface area contributed by atoms with Crippen LogP contribution in [-0.4, -0.2) is 21.2 Å². The molecule has 1 aliphatic rings. The number of nitrogens with one attached hydrogen (secondary N) is 1. The Morgan fingerprint density at radius 2 is 1.88 bits per heavy atom. The van der Waals surface area contributed by atoms with Crippen molar-refractivity contribution in [3.63, 3.8) is 0 Å². The van der Waals surface area contributed by atoms with Crippen LogP contribution in [0.3, 0.4) is 0 Å². The number of ketones is 1. The van der Waals surface area contributed by atoms with Gasteiger partial charge in [-0.2, -0.15) is 0 Å². The number of carbonyl (C=O) groups is 1. The number of fused-ring (bicyclic) bond motifs is 1. The Morgan fingerprint density at radius 3 is 2.50 bits per heavy atom. The lowest BCUT2D eigenvalue weighted by Crippen LogP contribution is -2.21. The van der Waals surface area contributed by atoms with Crippen LogP contribution in [0.15, 0.2) is 17.0 Å². The van der Waals surface area contributed by atoms with Crippen LogP contribution in [0.2, 0.25) is 0 Å². The fourth-order valence-corrected chi connectivity index (χ4v) is 4.32.